The first-order valence-corrected chi connectivity index (χ1v) is 7.02. The second kappa shape index (κ2) is 5.53. The zero-order chi connectivity index (χ0) is 16.7. The predicted molar refractivity (Wildman–Crippen MR) is 80.4 cm³/mol. The second-order valence-corrected chi connectivity index (χ2v) is 6.40. The fourth-order valence-corrected chi connectivity index (χ4v) is 2.09. The summed E-state index contributed by atoms with van der Waals surface area (Å²) in [6.07, 6.45) is -0.999. The quantitative estimate of drug-likeness (QED) is 0.833. The number of rotatable bonds is 2. The summed E-state index contributed by atoms with van der Waals surface area (Å²) in [5.41, 5.74) is -0.224. The summed E-state index contributed by atoms with van der Waals surface area (Å²) in [6, 6.07) is 2.27. The first-order valence-electron chi connectivity index (χ1n) is 7.02. The summed E-state index contributed by atoms with van der Waals surface area (Å²) in [5, 5.41) is 20.6. The monoisotopic (exact) mass is 307 g/mol. The van der Waals surface area contributed by atoms with Crippen LogP contribution in [0.4, 0.5) is 10.6 Å². The molecule has 2 heterocycles. The number of nitrogens with zero attached hydrogens (tertiary/aromatic N) is 4. The second-order valence-electron chi connectivity index (χ2n) is 6.40. The molecular weight excluding hydrogens is 286 g/mol. The van der Waals surface area contributed by atoms with Crippen molar-refractivity contribution >= 4 is 17.8 Å². The van der Waals surface area contributed by atoms with E-state index >= 15 is 0 Å². The van der Waals surface area contributed by atoms with Gasteiger partial charge < -0.3 is 15.3 Å². The molecule has 2 unspecified atom stereocenters. The van der Waals surface area contributed by atoms with Crippen LogP contribution in [0.15, 0.2) is 12.1 Å². The van der Waals surface area contributed by atoms with Crippen molar-refractivity contribution in [3.63, 3.8) is 0 Å². The number of aliphatic hydroxyl groups is 1. The van der Waals surface area contributed by atoms with Crippen LogP contribution in [0.5, 0.6) is 0 Å². The Morgan fingerprint density at radius 1 is 1.32 bits per heavy atom. The van der Waals surface area contributed by atoms with Gasteiger partial charge in [0.05, 0.1) is 6.04 Å². The van der Waals surface area contributed by atoms with Crippen molar-refractivity contribution < 1.29 is 14.7 Å². The molecule has 0 bridgehead atoms. The van der Waals surface area contributed by atoms with Gasteiger partial charge in [0.25, 0.3) is 5.91 Å². The van der Waals surface area contributed by atoms with Crippen LogP contribution in [0.2, 0.25) is 0 Å². The molecule has 1 aromatic rings. The van der Waals surface area contributed by atoms with Crippen molar-refractivity contribution in [2.24, 2.45) is 0 Å². The lowest BCUT2D eigenvalue weighted by Gasteiger charge is -2.20. The number of anilines is 1. The molecule has 8 heteroatoms. The van der Waals surface area contributed by atoms with E-state index in [9.17, 15) is 14.7 Å². The molecule has 0 saturated carbocycles. The third kappa shape index (κ3) is 3.01. The lowest BCUT2D eigenvalue weighted by Crippen LogP contribution is -2.41. The number of aliphatic hydroxyl groups excluding tert-OH is 1. The van der Waals surface area contributed by atoms with E-state index in [1.165, 1.54) is 17.0 Å². The summed E-state index contributed by atoms with van der Waals surface area (Å²) >= 11 is 0. The van der Waals surface area contributed by atoms with Crippen molar-refractivity contribution in [2.75, 3.05) is 11.9 Å². The Balaban J connectivity index is 2.19. The molecule has 2 atom stereocenters. The van der Waals surface area contributed by atoms with Crippen LogP contribution in [0, 0.1) is 0 Å². The molecule has 120 valence electrons. The average molecular weight is 307 g/mol. The van der Waals surface area contributed by atoms with Gasteiger partial charge in [-0.3, -0.25) is 4.79 Å². The molecule has 8 nitrogen and oxygen atoms in total. The first kappa shape index (κ1) is 16.2. The normalized spacial score (nSPS) is 22.2. The highest BCUT2D eigenvalue weighted by Crippen LogP contribution is 2.24. The van der Waals surface area contributed by atoms with Gasteiger partial charge in [-0.25, -0.2) is 9.69 Å². The lowest BCUT2D eigenvalue weighted by atomic mass is 10.1. The molecule has 2 N–H and O–H groups in total. The fourth-order valence-electron chi connectivity index (χ4n) is 2.09. The molecule has 1 fully saturated rings. The van der Waals surface area contributed by atoms with Gasteiger partial charge in [0.1, 0.15) is 0 Å². The number of nitrogens with one attached hydrogen (secondary N) is 1. The van der Waals surface area contributed by atoms with Crippen molar-refractivity contribution in [3.05, 3.63) is 17.8 Å². The molecule has 0 radical (unpaired) electrons. The third-order valence-electron chi connectivity index (χ3n) is 3.43. The third-order valence-corrected chi connectivity index (χ3v) is 3.43. The Hall–Kier alpha value is -2.22. The number of likely N-dealkylation sites (N-methyl/N-ethyl adjacent to an activating group) is 1. The van der Waals surface area contributed by atoms with Crippen LogP contribution in [0.3, 0.4) is 0 Å². The molecule has 2 rings (SSSR count). The smallest absolute Gasteiger partial charge is 0.328 e. The van der Waals surface area contributed by atoms with Crippen molar-refractivity contribution in [1.29, 1.82) is 0 Å². The van der Waals surface area contributed by atoms with E-state index in [2.05, 4.69) is 15.5 Å². The van der Waals surface area contributed by atoms with Gasteiger partial charge in [0, 0.05) is 12.6 Å². The lowest BCUT2D eigenvalue weighted by molar-refractivity contribution is 0.0913. The molecule has 22 heavy (non-hydrogen) atoms. The van der Waals surface area contributed by atoms with E-state index in [4.69, 9.17) is 0 Å². The average Bonchev–Trinajstić information content (AvgIpc) is 2.61. The number of urea groups is 1. The number of aromatic nitrogens is 2. The highest BCUT2D eigenvalue weighted by molar-refractivity contribution is 5.95. The van der Waals surface area contributed by atoms with Gasteiger partial charge in [0.15, 0.2) is 17.7 Å². The maximum absolute atomic E-state index is 12.1. The van der Waals surface area contributed by atoms with Gasteiger partial charge in [-0.1, -0.05) is 0 Å². The minimum absolute atomic E-state index is 0.154. The number of carbonyl (C=O) groups is 2. The minimum atomic E-state index is -0.999. The minimum Gasteiger partial charge on any atom is -0.371 e. The van der Waals surface area contributed by atoms with Gasteiger partial charge in [-0.05, 0) is 39.8 Å². The van der Waals surface area contributed by atoms with E-state index in [0.717, 1.165) is 4.90 Å². The van der Waals surface area contributed by atoms with E-state index < -0.39 is 6.23 Å². The van der Waals surface area contributed by atoms with Gasteiger partial charge in [0.2, 0.25) is 0 Å². The summed E-state index contributed by atoms with van der Waals surface area (Å²) in [4.78, 5) is 26.6. The van der Waals surface area contributed by atoms with Crippen LogP contribution in [-0.2, 0) is 0 Å². The van der Waals surface area contributed by atoms with Gasteiger partial charge in [-0.2, -0.15) is 0 Å². The Bertz CT molecular complexity index is 581. The van der Waals surface area contributed by atoms with Gasteiger partial charge in [-0.15, -0.1) is 10.2 Å². The zero-order valence-electron chi connectivity index (χ0n) is 13.4. The van der Waals surface area contributed by atoms with Crippen molar-refractivity contribution in [3.8, 4) is 0 Å². The predicted octanol–water partition coefficient (Wildman–Crippen LogP) is 0.584. The first-order chi connectivity index (χ1) is 10.1. The molecule has 1 aliphatic rings. The highest BCUT2D eigenvalue weighted by Gasteiger charge is 2.42. The molecule has 1 aliphatic heterocycles. The van der Waals surface area contributed by atoms with Crippen LogP contribution < -0.4 is 10.2 Å². The maximum atomic E-state index is 12.1. The molecule has 0 spiro atoms. The largest absolute Gasteiger partial charge is 0.371 e. The van der Waals surface area contributed by atoms with Crippen molar-refractivity contribution in [1.82, 2.24) is 20.4 Å². The summed E-state index contributed by atoms with van der Waals surface area (Å²) in [5.74, 6) is -0.133. The topological polar surface area (TPSA) is 98.7 Å². The number of amides is 3. The number of carbonyl (C=O) groups excluding carboxylic acids is 2. The van der Waals surface area contributed by atoms with E-state index in [1.54, 1.807) is 14.0 Å². The maximum Gasteiger partial charge on any atom is 0.328 e. The molecular formula is C14H21N5O3. The van der Waals surface area contributed by atoms with Gasteiger partial charge >= 0.3 is 6.03 Å². The molecule has 0 aromatic carbocycles. The summed E-state index contributed by atoms with van der Waals surface area (Å²) < 4.78 is 0. The SMILES string of the molecule is CC1C(O)N(c2ccc(C(=O)NC(C)(C)C)nn2)C(=O)N1C. The van der Waals surface area contributed by atoms with Crippen LogP contribution in [0.1, 0.15) is 38.2 Å². The Morgan fingerprint density at radius 2 is 1.95 bits per heavy atom. The Kier molecular flexibility index (Phi) is 4.06. The summed E-state index contributed by atoms with van der Waals surface area (Å²) in [6.45, 7) is 7.33. The van der Waals surface area contributed by atoms with Crippen molar-refractivity contribution in [2.45, 2.75) is 45.5 Å². The number of hydrogen-bond acceptors (Lipinski definition) is 5. The van der Waals surface area contributed by atoms with Crippen LogP contribution in [-0.4, -0.2) is 57.0 Å². The fraction of sp³-hybridized carbons (Fsp3) is 0.571. The van der Waals surface area contributed by atoms with E-state index in [0.29, 0.717) is 0 Å². The molecule has 0 aliphatic carbocycles. The zero-order valence-corrected chi connectivity index (χ0v) is 13.4. The van der Waals surface area contributed by atoms with E-state index in [1.807, 2.05) is 20.8 Å². The van der Waals surface area contributed by atoms with E-state index in [-0.39, 0.29) is 35.0 Å². The standard InChI is InChI=1S/C14H21N5O3/c1-8-12(21)19(13(22)18(8)5)10-7-6-9(16-17-10)11(20)15-14(2,3)4/h6-8,12,21H,1-5H3,(H,15,20). The summed E-state index contributed by atoms with van der Waals surface area (Å²) in [7, 11) is 1.61. The Labute approximate surface area is 129 Å². The number of hydrogen-bond donors (Lipinski definition) is 2. The van der Waals surface area contributed by atoms with Crippen LogP contribution >= 0.6 is 0 Å². The molecule has 1 saturated heterocycles. The molecule has 3 amide bonds. The highest BCUT2D eigenvalue weighted by atomic mass is 16.3. The Morgan fingerprint density at radius 3 is 2.36 bits per heavy atom. The van der Waals surface area contributed by atoms with Crippen LogP contribution in [0.25, 0.3) is 0 Å². The molecule has 1 aromatic heterocycles.